The first-order chi connectivity index (χ1) is 11.8. The average molecular weight is 384 g/mol. The van der Waals surface area contributed by atoms with Crippen molar-refractivity contribution < 1.29 is 13.2 Å². The molecule has 7 nitrogen and oxygen atoms in total. The largest absolute Gasteiger partial charge is 0.493 e. The van der Waals surface area contributed by atoms with Crippen molar-refractivity contribution >= 4 is 25.4 Å². The van der Waals surface area contributed by atoms with E-state index in [-0.39, 0.29) is 27.7 Å². The Morgan fingerprint density at radius 2 is 2.04 bits per heavy atom. The van der Waals surface area contributed by atoms with Crippen molar-refractivity contribution in [3.8, 4) is 17.1 Å². The Balaban J connectivity index is 2.67. The maximum atomic E-state index is 12.0. The van der Waals surface area contributed by atoms with Crippen molar-refractivity contribution in [2.45, 2.75) is 31.6 Å². The first-order valence-electron chi connectivity index (χ1n) is 7.67. The quantitative estimate of drug-likeness (QED) is 0.563. The van der Waals surface area contributed by atoms with Gasteiger partial charge in [0.05, 0.1) is 28.5 Å². The molecular formula is C16H18ClN3O4S. The van der Waals surface area contributed by atoms with E-state index in [0.29, 0.717) is 18.8 Å². The highest BCUT2D eigenvalue weighted by atomic mass is 35.7. The van der Waals surface area contributed by atoms with Crippen LogP contribution in [0.1, 0.15) is 32.4 Å². The number of H-pyrrole nitrogens is 1. The van der Waals surface area contributed by atoms with Gasteiger partial charge in [-0.15, -0.1) is 0 Å². The fraction of sp³-hybridized carbons (Fsp3) is 0.312. The van der Waals surface area contributed by atoms with Crippen molar-refractivity contribution in [1.29, 1.82) is 5.41 Å². The smallest absolute Gasteiger partial charge is 0.261 e. The molecule has 0 amide bonds. The molecule has 9 heteroatoms. The molecule has 1 aromatic carbocycles. The summed E-state index contributed by atoms with van der Waals surface area (Å²) < 4.78 is 28.7. The molecule has 0 aliphatic heterocycles. The van der Waals surface area contributed by atoms with Crippen LogP contribution in [0.5, 0.6) is 5.75 Å². The lowest BCUT2D eigenvalue weighted by Gasteiger charge is -2.12. The van der Waals surface area contributed by atoms with Gasteiger partial charge in [0.2, 0.25) is 0 Å². The lowest BCUT2D eigenvalue weighted by molar-refractivity contribution is 0.341. The Kier molecular flexibility index (Phi) is 5.97. The number of rotatable bonds is 7. The van der Waals surface area contributed by atoms with Crippen LogP contribution in [-0.2, 0) is 9.05 Å². The molecule has 1 heterocycles. The van der Waals surface area contributed by atoms with E-state index in [1.165, 1.54) is 24.3 Å². The molecule has 0 fully saturated rings. The van der Waals surface area contributed by atoms with E-state index in [1.54, 1.807) is 6.92 Å². The standard InChI is InChI=1S/C16H18ClN3O4S/c1-3-5-12(18)13-9-15(21)20-16(19-13)11-8-10(25(17,22)23)6-7-14(11)24-4-2/h6-9,18H,3-5H2,1-2H3,(H,19,20,21). The highest BCUT2D eigenvalue weighted by molar-refractivity contribution is 8.13. The minimum atomic E-state index is -3.96. The zero-order chi connectivity index (χ0) is 18.6. The molecule has 0 saturated carbocycles. The number of nitrogens with zero attached hydrogens (tertiary/aromatic N) is 1. The molecule has 2 aromatic rings. The van der Waals surface area contributed by atoms with Gasteiger partial charge in [0, 0.05) is 16.7 Å². The normalized spacial score (nSPS) is 11.3. The molecule has 25 heavy (non-hydrogen) atoms. The van der Waals surface area contributed by atoms with Gasteiger partial charge in [-0.3, -0.25) is 4.79 Å². The van der Waals surface area contributed by atoms with Crippen LogP contribution in [0.15, 0.2) is 34.0 Å². The van der Waals surface area contributed by atoms with Crippen molar-refractivity contribution in [2.24, 2.45) is 0 Å². The van der Waals surface area contributed by atoms with Crippen LogP contribution in [0.4, 0.5) is 0 Å². The van der Waals surface area contributed by atoms with E-state index >= 15 is 0 Å². The highest BCUT2D eigenvalue weighted by Gasteiger charge is 2.17. The molecule has 2 rings (SSSR count). The fourth-order valence-electron chi connectivity index (χ4n) is 2.25. The van der Waals surface area contributed by atoms with E-state index in [0.717, 1.165) is 6.42 Å². The highest BCUT2D eigenvalue weighted by Crippen LogP contribution is 2.31. The topological polar surface area (TPSA) is 113 Å². The van der Waals surface area contributed by atoms with Crippen molar-refractivity contribution in [3.05, 3.63) is 40.3 Å². The second-order valence-electron chi connectivity index (χ2n) is 5.24. The van der Waals surface area contributed by atoms with Gasteiger partial charge in [-0.2, -0.15) is 0 Å². The third kappa shape index (κ3) is 4.67. The molecule has 0 aliphatic rings. The molecule has 0 atom stereocenters. The van der Waals surface area contributed by atoms with Gasteiger partial charge in [-0.1, -0.05) is 13.3 Å². The van der Waals surface area contributed by atoms with Crippen LogP contribution in [0, 0.1) is 5.41 Å². The zero-order valence-corrected chi connectivity index (χ0v) is 15.4. The van der Waals surface area contributed by atoms with Gasteiger partial charge in [-0.25, -0.2) is 13.4 Å². The monoisotopic (exact) mass is 383 g/mol. The molecular weight excluding hydrogens is 366 g/mol. The summed E-state index contributed by atoms with van der Waals surface area (Å²) in [4.78, 5) is 18.7. The van der Waals surface area contributed by atoms with Crippen molar-refractivity contribution in [3.63, 3.8) is 0 Å². The van der Waals surface area contributed by atoms with Crippen LogP contribution in [0.2, 0.25) is 0 Å². The fourth-order valence-corrected chi connectivity index (χ4v) is 3.02. The summed E-state index contributed by atoms with van der Waals surface area (Å²) in [5.41, 5.74) is 0.311. The lowest BCUT2D eigenvalue weighted by Crippen LogP contribution is -2.14. The summed E-state index contributed by atoms with van der Waals surface area (Å²) in [6.07, 6.45) is 1.22. The molecule has 0 saturated heterocycles. The Hall–Kier alpha value is -2.19. The molecule has 134 valence electrons. The zero-order valence-electron chi connectivity index (χ0n) is 13.8. The summed E-state index contributed by atoms with van der Waals surface area (Å²) >= 11 is 0. The summed E-state index contributed by atoms with van der Waals surface area (Å²) in [5.74, 6) is 0.475. The van der Waals surface area contributed by atoms with Crippen LogP contribution in [0.3, 0.4) is 0 Å². The second-order valence-corrected chi connectivity index (χ2v) is 7.80. The number of aromatic amines is 1. The molecule has 0 bridgehead atoms. The number of hydrogen-bond donors (Lipinski definition) is 2. The van der Waals surface area contributed by atoms with Gasteiger partial charge in [0.25, 0.3) is 14.6 Å². The summed E-state index contributed by atoms with van der Waals surface area (Å²) in [7, 11) is 1.45. The minimum Gasteiger partial charge on any atom is -0.493 e. The first-order valence-corrected chi connectivity index (χ1v) is 9.98. The molecule has 2 N–H and O–H groups in total. The summed E-state index contributed by atoms with van der Waals surface area (Å²) in [6, 6.07) is 5.30. The molecule has 0 spiro atoms. The van der Waals surface area contributed by atoms with Gasteiger partial charge in [0.15, 0.2) is 0 Å². The number of aromatic nitrogens is 2. The predicted octanol–water partition coefficient (Wildman–Crippen LogP) is 2.93. The van der Waals surface area contributed by atoms with Gasteiger partial charge < -0.3 is 15.1 Å². The number of halogens is 1. The maximum Gasteiger partial charge on any atom is 0.261 e. The Morgan fingerprint density at radius 1 is 1.32 bits per heavy atom. The average Bonchev–Trinajstić information content (AvgIpc) is 2.54. The third-order valence-corrected chi connectivity index (χ3v) is 4.69. The number of hydrogen-bond acceptors (Lipinski definition) is 6. The number of benzene rings is 1. The van der Waals surface area contributed by atoms with E-state index in [1.807, 2.05) is 6.92 Å². The van der Waals surface area contributed by atoms with E-state index < -0.39 is 14.6 Å². The van der Waals surface area contributed by atoms with Crippen molar-refractivity contribution in [1.82, 2.24) is 9.97 Å². The first kappa shape index (κ1) is 19.1. The van der Waals surface area contributed by atoms with Gasteiger partial charge in [-0.05, 0) is 31.5 Å². The van der Waals surface area contributed by atoms with Crippen LogP contribution in [0.25, 0.3) is 11.4 Å². The van der Waals surface area contributed by atoms with E-state index in [9.17, 15) is 13.2 Å². The molecule has 0 unspecified atom stereocenters. The summed E-state index contributed by atoms with van der Waals surface area (Å²) in [5, 5.41) is 8.00. The Labute approximate surface area is 150 Å². The van der Waals surface area contributed by atoms with Crippen LogP contribution < -0.4 is 10.3 Å². The van der Waals surface area contributed by atoms with Gasteiger partial charge >= 0.3 is 0 Å². The minimum absolute atomic E-state index is 0.119. The molecule has 0 aliphatic carbocycles. The van der Waals surface area contributed by atoms with Crippen LogP contribution in [-0.4, -0.2) is 30.7 Å². The van der Waals surface area contributed by atoms with Crippen LogP contribution >= 0.6 is 10.7 Å². The summed E-state index contributed by atoms with van der Waals surface area (Å²) in [6.45, 7) is 4.04. The van der Waals surface area contributed by atoms with Crippen molar-refractivity contribution in [2.75, 3.05) is 6.61 Å². The Morgan fingerprint density at radius 3 is 2.64 bits per heavy atom. The Bertz CT molecular complexity index is 954. The van der Waals surface area contributed by atoms with Gasteiger partial charge in [0.1, 0.15) is 11.6 Å². The molecule has 1 aromatic heterocycles. The lowest BCUT2D eigenvalue weighted by atomic mass is 10.1. The number of nitrogens with one attached hydrogen (secondary N) is 2. The third-order valence-electron chi connectivity index (χ3n) is 3.34. The predicted molar refractivity (Wildman–Crippen MR) is 96.2 cm³/mol. The number of ether oxygens (including phenoxy) is 1. The van der Waals surface area contributed by atoms with E-state index in [4.69, 9.17) is 20.8 Å². The van der Waals surface area contributed by atoms with E-state index in [2.05, 4.69) is 9.97 Å². The second kappa shape index (κ2) is 7.79. The SMILES string of the molecule is CCCC(=N)c1cc(=O)[nH]c(-c2cc(S(=O)(=O)Cl)ccc2OCC)n1. The maximum absolute atomic E-state index is 12.0. The molecule has 0 radical (unpaired) electrons.